The fraction of sp³-hybridized carbons (Fsp3) is 0.894. The first-order valence-electron chi connectivity index (χ1n) is 24.3. The highest BCUT2D eigenvalue weighted by Gasteiger charge is 2.48. The van der Waals surface area contributed by atoms with Gasteiger partial charge in [-0.25, -0.2) is 4.18 Å². The molecule has 0 bridgehead atoms. The second-order valence-electron chi connectivity index (χ2n) is 17.2. The number of aliphatic hydroxyl groups is 5. The molecule has 1 saturated heterocycles. The summed E-state index contributed by atoms with van der Waals surface area (Å²) in [7, 11) is -5.12. The van der Waals surface area contributed by atoms with E-state index >= 15 is 0 Å². The first-order chi connectivity index (χ1) is 29.4. The standard InChI is InChI=1S/C47H89NO12S/c1-3-5-7-9-11-13-15-17-18-19-20-21-22-23-24-26-27-29-31-33-35-40(50)39(38-58-47-44(53)45(60-61(55,56)57)43(52)42(37-49)59-47)48-46(54)41(51)36-34-32-30-28-25-16-14-12-10-8-6-4-2/h26-27,33,35,39-45,47,49-53H,3-25,28-32,34,36-38H2,1-2H3,(H,48,54)(H,55,56,57)/b27-26+,35-33+. The van der Waals surface area contributed by atoms with Crippen LogP contribution in [0, 0.1) is 0 Å². The number of amides is 1. The molecule has 0 aromatic rings. The highest BCUT2D eigenvalue weighted by Crippen LogP contribution is 2.26. The van der Waals surface area contributed by atoms with Crippen molar-refractivity contribution >= 4 is 16.3 Å². The van der Waals surface area contributed by atoms with Crippen LogP contribution in [0.3, 0.4) is 0 Å². The van der Waals surface area contributed by atoms with E-state index in [1.807, 2.05) is 0 Å². The van der Waals surface area contributed by atoms with E-state index in [2.05, 4.69) is 35.5 Å². The van der Waals surface area contributed by atoms with Gasteiger partial charge in [-0.05, 0) is 32.1 Å². The van der Waals surface area contributed by atoms with Gasteiger partial charge in [-0.2, -0.15) is 8.42 Å². The van der Waals surface area contributed by atoms with Gasteiger partial charge in [0.05, 0.1) is 25.4 Å². The summed E-state index contributed by atoms with van der Waals surface area (Å²) in [6.07, 6.45) is 31.2. The number of carbonyl (C=O) groups is 1. The maximum Gasteiger partial charge on any atom is 0.397 e. The molecule has 0 radical (unpaired) electrons. The zero-order valence-electron chi connectivity index (χ0n) is 38.1. The Morgan fingerprint density at radius 2 is 1.10 bits per heavy atom. The number of unbranched alkanes of at least 4 members (excludes halogenated alkanes) is 26. The Morgan fingerprint density at radius 1 is 0.656 bits per heavy atom. The zero-order valence-corrected chi connectivity index (χ0v) is 38.9. The van der Waals surface area contributed by atoms with Crippen LogP contribution >= 0.6 is 0 Å². The number of ether oxygens (including phenoxy) is 2. The van der Waals surface area contributed by atoms with E-state index in [-0.39, 0.29) is 6.42 Å². The summed E-state index contributed by atoms with van der Waals surface area (Å²) in [5.41, 5.74) is 0. The van der Waals surface area contributed by atoms with Crippen LogP contribution in [-0.2, 0) is 28.9 Å². The summed E-state index contributed by atoms with van der Waals surface area (Å²) in [6.45, 7) is 3.20. The van der Waals surface area contributed by atoms with Gasteiger partial charge in [-0.1, -0.05) is 199 Å². The Balaban J connectivity index is 2.57. The summed E-state index contributed by atoms with van der Waals surface area (Å²) in [6, 6.07) is -1.13. The fourth-order valence-corrected chi connectivity index (χ4v) is 8.22. The van der Waals surface area contributed by atoms with Gasteiger partial charge < -0.3 is 40.3 Å². The third-order valence-electron chi connectivity index (χ3n) is 11.6. The lowest BCUT2D eigenvalue weighted by Gasteiger charge is -2.41. The molecule has 1 aliphatic heterocycles. The molecule has 0 saturated carbocycles. The molecule has 1 amide bonds. The van der Waals surface area contributed by atoms with Crippen LogP contribution in [-0.4, -0.2) is 107 Å². The molecule has 360 valence electrons. The smallest absolute Gasteiger partial charge is 0.394 e. The lowest BCUT2D eigenvalue weighted by molar-refractivity contribution is -0.298. The largest absolute Gasteiger partial charge is 0.397 e. The molecule has 0 aromatic carbocycles. The number of rotatable bonds is 41. The van der Waals surface area contributed by atoms with E-state index < -0.39 is 78.5 Å². The third-order valence-corrected chi connectivity index (χ3v) is 12.1. The topological polar surface area (TPSA) is 212 Å². The summed E-state index contributed by atoms with van der Waals surface area (Å²) in [4.78, 5) is 13.1. The van der Waals surface area contributed by atoms with Crippen LogP contribution in [0.2, 0.25) is 0 Å². The summed E-state index contributed by atoms with van der Waals surface area (Å²) in [5, 5.41) is 55.2. The molecule has 1 rings (SSSR count). The first-order valence-corrected chi connectivity index (χ1v) is 25.7. The SMILES string of the molecule is CCCCCCCCCCCCCCCC/C=C/CC/C=C/C(O)C(COC1OC(CO)C(O)C(OS(=O)(=O)O)C1O)NC(=O)C(O)CCCCCCCCCCCCCC. The lowest BCUT2D eigenvalue weighted by atomic mass is 9.99. The van der Waals surface area contributed by atoms with Crippen molar-refractivity contribution < 1.29 is 57.0 Å². The Labute approximate surface area is 370 Å². The maximum atomic E-state index is 13.1. The predicted molar refractivity (Wildman–Crippen MR) is 242 cm³/mol. The summed E-state index contributed by atoms with van der Waals surface area (Å²) >= 11 is 0. The van der Waals surface area contributed by atoms with Gasteiger partial charge in [0.2, 0.25) is 5.91 Å². The van der Waals surface area contributed by atoms with E-state index in [0.29, 0.717) is 12.8 Å². The monoisotopic (exact) mass is 892 g/mol. The maximum absolute atomic E-state index is 13.1. The molecule has 13 nitrogen and oxygen atoms in total. The minimum Gasteiger partial charge on any atom is -0.394 e. The zero-order chi connectivity index (χ0) is 45.0. The highest BCUT2D eigenvalue weighted by molar-refractivity contribution is 7.80. The van der Waals surface area contributed by atoms with E-state index in [4.69, 9.17) is 9.47 Å². The van der Waals surface area contributed by atoms with Gasteiger partial charge in [-0.3, -0.25) is 9.35 Å². The highest BCUT2D eigenvalue weighted by atomic mass is 32.3. The summed E-state index contributed by atoms with van der Waals surface area (Å²) in [5.74, 6) is -0.711. The van der Waals surface area contributed by atoms with Crippen molar-refractivity contribution in [3.63, 3.8) is 0 Å². The number of nitrogens with one attached hydrogen (secondary N) is 1. The van der Waals surface area contributed by atoms with Crippen molar-refractivity contribution in [2.24, 2.45) is 0 Å². The molecule has 61 heavy (non-hydrogen) atoms. The van der Waals surface area contributed by atoms with Gasteiger partial charge in [0.15, 0.2) is 6.29 Å². The molecule has 8 atom stereocenters. The lowest BCUT2D eigenvalue weighted by Crippen LogP contribution is -2.61. The van der Waals surface area contributed by atoms with Crippen LogP contribution < -0.4 is 5.32 Å². The van der Waals surface area contributed by atoms with E-state index in [1.165, 1.54) is 141 Å². The van der Waals surface area contributed by atoms with E-state index in [9.17, 15) is 43.3 Å². The molecule has 0 aliphatic carbocycles. The van der Waals surface area contributed by atoms with Crippen molar-refractivity contribution in [3.8, 4) is 0 Å². The van der Waals surface area contributed by atoms with Gasteiger partial charge in [-0.15, -0.1) is 0 Å². The quantitative estimate of drug-likeness (QED) is 0.0175. The molecule has 0 aromatic heterocycles. The fourth-order valence-electron chi connectivity index (χ4n) is 7.71. The molecule has 0 spiro atoms. The number of hydrogen-bond donors (Lipinski definition) is 7. The molecular weight excluding hydrogens is 803 g/mol. The van der Waals surface area contributed by atoms with Crippen LogP contribution in [0.4, 0.5) is 0 Å². The van der Waals surface area contributed by atoms with E-state index in [1.54, 1.807) is 6.08 Å². The Kier molecular flexibility index (Phi) is 35.7. The molecule has 1 aliphatic rings. The van der Waals surface area contributed by atoms with E-state index in [0.717, 1.165) is 38.5 Å². The molecule has 1 heterocycles. The molecule has 14 heteroatoms. The Hall–Kier alpha value is -1.46. The van der Waals surface area contributed by atoms with Crippen molar-refractivity contribution in [2.45, 2.75) is 255 Å². The summed E-state index contributed by atoms with van der Waals surface area (Å²) < 4.78 is 47.5. The Bertz CT molecular complexity index is 1200. The van der Waals surface area contributed by atoms with Gasteiger partial charge in [0.1, 0.15) is 30.5 Å². The van der Waals surface area contributed by atoms with Gasteiger partial charge in [0.25, 0.3) is 0 Å². The Morgan fingerprint density at radius 3 is 1.57 bits per heavy atom. The van der Waals surface area contributed by atoms with Crippen molar-refractivity contribution in [1.29, 1.82) is 0 Å². The molecule has 7 N–H and O–H groups in total. The third kappa shape index (κ3) is 30.3. The van der Waals surface area contributed by atoms with Crippen molar-refractivity contribution in [2.75, 3.05) is 13.2 Å². The van der Waals surface area contributed by atoms with Crippen LogP contribution in [0.5, 0.6) is 0 Å². The van der Waals surface area contributed by atoms with Crippen LogP contribution in [0.15, 0.2) is 24.3 Å². The average Bonchev–Trinajstić information content (AvgIpc) is 3.23. The second kappa shape index (κ2) is 37.9. The predicted octanol–water partition coefficient (Wildman–Crippen LogP) is 8.69. The van der Waals surface area contributed by atoms with Crippen LogP contribution in [0.1, 0.15) is 206 Å². The number of aliphatic hydroxyl groups excluding tert-OH is 5. The van der Waals surface area contributed by atoms with Crippen molar-refractivity contribution in [1.82, 2.24) is 5.32 Å². The van der Waals surface area contributed by atoms with Gasteiger partial charge >= 0.3 is 10.4 Å². The number of hydrogen-bond acceptors (Lipinski definition) is 11. The first kappa shape index (κ1) is 57.6. The number of allylic oxidation sites excluding steroid dienone is 3. The van der Waals surface area contributed by atoms with Crippen LogP contribution in [0.25, 0.3) is 0 Å². The normalized spacial score (nSPS) is 21.3. The van der Waals surface area contributed by atoms with Gasteiger partial charge in [0, 0.05) is 0 Å². The average molecular weight is 892 g/mol. The van der Waals surface area contributed by atoms with Crippen molar-refractivity contribution in [3.05, 3.63) is 24.3 Å². The minimum absolute atomic E-state index is 0.240. The second-order valence-corrected chi connectivity index (χ2v) is 18.2. The molecular formula is C47H89NO12S. The molecule has 8 unspecified atom stereocenters. The number of carbonyl (C=O) groups excluding carboxylic acids is 1. The minimum atomic E-state index is -5.12. The molecule has 1 fully saturated rings.